The smallest absolute Gasteiger partial charge is 0.124 e. The summed E-state index contributed by atoms with van der Waals surface area (Å²) in [6.45, 7) is 3.04. The Kier molecular flexibility index (Phi) is 8.51. The Labute approximate surface area is 125 Å². The molecular formula is C15H23ClFNS. The molecule has 1 aromatic carbocycles. The third-order valence-corrected chi connectivity index (χ3v) is 4.18. The summed E-state index contributed by atoms with van der Waals surface area (Å²) in [4.78, 5) is 0. The number of thioether (sulfide) groups is 1. The minimum atomic E-state index is -0.283. The van der Waals surface area contributed by atoms with Gasteiger partial charge >= 0.3 is 0 Å². The molecule has 1 N–H and O–H groups in total. The minimum absolute atomic E-state index is 0.166. The lowest BCUT2D eigenvalue weighted by molar-refractivity contribution is 0.536. The van der Waals surface area contributed by atoms with Gasteiger partial charge in [-0.05, 0) is 56.0 Å². The lowest BCUT2D eigenvalue weighted by Gasteiger charge is -2.15. The molecule has 0 radical (unpaired) electrons. The Hall–Kier alpha value is -0.250. The zero-order chi connectivity index (χ0) is 14.1. The average Bonchev–Trinajstić information content (AvgIpc) is 2.37. The van der Waals surface area contributed by atoms with Crippen molar-refractivity contribution in [2.45, 2.75) is 38.6 Å². The van der Waals surface area contributed by atoms with E-state index >= 15 is 0 Å². The van der Waals surface area contributed by atoms with E-state index in [0.29, 0.717) is 5.02 Å². The molecule has 0 amide bonds. The third kappa shape index (κ3) is 6.64. The van der Waals surface area contributed by atoms with E-state index in [0.717, 1.165) is 12.1 Å². The van der Waals surface area contributed by atoms with Gasteiger partial charge in [-0.3, -0.25) is 0 Å². The number of rotatable bonds is 9. The second-order valence-electron chi connectivity index (χ2n) is 4.75. The summed E-state index contributed by atoms with van der Waals surface area (Å²) in [6.07, 6.45) is 7.19. The van der Waals surface area contributed by atoms with Gasteiger partial charge in [0, 0.05) is 11.1 Å². The van der Waals surface area contributed by atoms with Crippen LogP contribution in [0.2, 0.25) is 5.02 Å². The third-order valence-electron chi connectivity index (χ3n) is 3.15. The number of benzene rings is 1. The lowest BCUT2D eigenvalue weighted by Crippen LogP contribution is -2.20. The molecule has 1 nitrogen and oxygen atoms in total. The van der Waals surface area contributed by atoms with Crippen LogP contribution in [0, 0.1) is 5.82 Å². The Morgan fingerprint density at radius 2 is 2.00 bits per heavy atom. The van der Waals surface area contributed by atoms with Crippen molar-refractivity contribution < 1.29 is 4.39 Å². The molecule has 0 aliphatic heterocycles. The summed E-state index contributed by atoms with van der Waals surface area (Å²) in [5.41, 5.74) is 0.963. The van der Waals surface area contributed by atoms with Crippen LogP contribution in [0.15, 0.2) is 18.2 Å². The van der Waals surface area contributed by atoms with Crippen LogP contribution in [0.3, 0.4) is 0 Å². The second kappa shape index (κ2) is 9.62. The zero-order valence-corrected chi connectivity index (χ0v) is 13.3. The van der Waals surface area contributed by atoms with Crippen LogP contribution in [-0.4, -0.2) is 18.6 Å². The maximum absolute atomic E-state index is 13.0. The van der Waals surface area contributed by atoms with Gasteiger partial charge in [0.25, 0.3) is 0 Å². The fourth-order valence-corrected chi connectivity index (χ4v) is 2.83. The molecule has 4 heteroatoms. The molecule has 0 spiro atoms. The van der Waals surface area contributed by atoms with Crippen molar-refractivity contribution in [1.29, 1.82) is 0 Å². The molecule has 0 aromatic heterocycles. The molecule has 0 fully saturated rings. The fraction of sp³-hybridized carbons (Fsp3) is 0.600. The van der Waals surface area contributed by atoms with Crippen molar-refractivity contribution >= 4 is 23.4 Å². The van der Waals surface area contributed by atoms with E-state index in [1.807, 2.05) is 11.8 Å². The quantitative estimate of drug-likeness (QED) is 0.640. The second-order valence-corrected chi connectivity index (χ2v) is 6.14. The first kappa shape index (κ1) is 16.8. The number of halogens is 2. The number of nitrogens with one attached hydrogen (secondary N) is 1. The van der Waals surface area contributed by atoms with Crippen LogP contribution >= 0.6 is 23.4 Å². The highest BCUT2D eigenvalue weighted by Crippen LogP contribution is 2.23. The van der Waals surface area contributed by atoms with Crippen LogP contribution in [0.4, 0.5) is 4.39 Å². The SMILES string of the molecule is CSCCCCCCNC(C)c1ccc(F)cc1Cl. The first-order chi connectivity index (χ1) is 9.15. The highest BCUT2D eigenvalue weighted by molar-refractivity contribution is 7.98. The van der Waals surface area contributed by atoms with Crippen LogP contribution < -0.4 is 5.32 Å². The van der Waals surface area contributed by atoms with E-state index < -0.39 is 0 Å². The van der Waals surface area contributed by atoms with Gasteiger partial charge in [0.15, 0.2) is 0 Å². The van der Waals surface area contributed by atoms with Gasteiger partial charge in [0.2, 0.25) is 0 Å². The summed E-state index contributed by atoms with van der Waals surface area (Å²) in [5.74, 6) is 0.976. The van der Waals surface area contributed by atoms with E-state index in [9.17, 15) is 4.39 Å². The molecule has 0 saturated heterocycles. The minimum Gasteiger partial charge on any atom is -0.310 e. The Bertz CT molecular complexity index is 373. The Morgan fingerprint density at radius 1 is 1.26 bits per heavy atom. The largest absolute Gasteiger partial charge is 0.310 e. The molecule has 0 bridgehead atoms. The molecule has 1 rings (SSSR count). The van der Waals surface area contributed by atoms with E-state index in [1.54, 1.807) is 6.07 Å². The van der Waals surface area contributed by atoms with Gasteiger partial charge in [-0.25, -0.2) is 4.39 Å². The van der Waals surface area contributed by atoms with Crippen molar-refractivity contribution in [1.82, 2.24) is 5.32 Å². The maximum Gasteiger partial charge on any atom is 0.124 e. The topological polar surface area (TPSA) is 12.0 Å². The molecule has 1 aromatic rings. The van der Waals surface area contributed by atoms with E-state index in [4.69, 9.17) is 11.6 Å². The molecule has 0 aliphatic rings. The highest BCUT2D eigenvalue weighted by Gasteiger charge is 2.09. The number of unbranched alkanes of at least 4 members (excludes halogenated alkanes) is 3. The summed E-state index contributed by atoms with van der Waals surface area (Å²) in [6, 6.07) is 4.76. The number of hydrogen-bond acceptors (Lipinski definition) is 2. The van der Waals surface area contributed by atoms with Crippen LogP contribution in [-0.2, 0) is 0 Å². The standard InChI is InChI=1S/C15H23ClFNS/c1-12(14-8-7-13(17)11-15(14)16)18-9-5-3-4-6-10-19-2/h7-8,11-12,18H,3-6,9-10H2,1-2H3. The van der Waals surface area contributed by atoms with Gasteiger partial charge in [-0.1, -0.05) is 30.5 Å². The van der Waals surface area contributed by atoms with Crippen molar-refractivity contribution in [2.24, 2.45) is 0 Å². The predicted octanol–water partition coefficient (Wildman–Crippen LogP) is 5.05. The van der Waals surface area contributed by atoms with Crippen molar-refractivity contribution in [3.05, 3.63) is 34.6 Å². The summed E-state index contributed by atoms with van der Waals surface area (Å²) in [5, 5.41) is 3.94. The molecule has 0 aliphatic carbocycles. The van der Waals surface area contributed by atoms with Crippen LogP contribution in [0.5, 0.6) is 0 Å². The van der Waals surface area contributed by atoms with Crippen LogP contribution in [0.25, 0.3) is 0 Å². The highest BCUT2D eigenvalue weighted by atomic mass is 35.5. The molecular weight excluding hydrogens is 281 g/mol. The summed E-state index contributed by atoms with van der Waals surface area (Å²) >= 11 is 7.95. The first-order valence-electron chi connectivity index (χ1n) is 6.82. The molecule has 1 atom stereocenters. The zero-order valence-electron chi connectivity index (χ0n) is 11.7. The van der Waals surface area contributed by atoms with E-state index in [-0.39, 0.29) is 11.9 Å². The molecule has 0 saturated carbocycles. The van der Waals surface area contributed by atoms with Gasteiger partial charge in [0.1, 0.15) is 5.82 Å². The molecule has 1 unspecified atom stereocenters. The van der Waals surface area contributed by atoms with E-state index in [2.05, 4.69) is 18.5 Å². The monoisotopic (exact) mass is 303 g/mol. The van der Waals surface area contributed by atoms with Gasteiger partial charge in [-0.15, -0.1) is 0 Å². The molecule has 19 heavy (non-hydrogen) atoms. The van der Waals surface area contributed by atoms with Crippen molar-refractivity contribution in [3.8, 4) is 0 Å². The molecule has 108 valence electrons. The average molecular weight is 304 g/mol. The maximum atomic E-state index is 13.0. The molecule has 0 heterocycles. The van der Waals surface area contributed by atoms with Gasteiger partial charge in [0.05, 0.1) is 0 Å². The first-order valence-corrected chi connectivity index (χ1v) is 8.59. The summed E-state index contributed by atoms with van der Waals surface area (Å²) in [7, 11) is 0. The van der Waals surface area contributed by atoms with Gasteiger partial charge < -0.3 is 5.32 Å². The normalized spacial score (nSPS) is 12.6. The predicted molar refractivity (Wildman–Crippen MR) is 84.7 cm³/mol. The van der Waals surface area contributed by atoms with E-state index in [1.165, 1.54) is 43.6 Å². The fourth-order valence-electron chi connectivity index (χ4n) is 2.01. The van der Waals surface area contributed by atoms with Crippen LogP contribution in [0.1, 0.15) is 44.2 Å². The summed E-state index contributed by atoms with van der Waals surface area (Å²) < 4.78 is 13.0. The van der Waals surface area contributed by atoms with Gasteiger partial charge in [-0.2, -0.15) is 11.8 Å². The Morgan fingerprint density at radius 3 is 2.68 bits per heavy atom. The lowest BCUT2D eigenvalue weighted by atomic mass is 10.1. The van der Waals surface area contributed by atoms with Crippen molar-refractivity contribution in [3.63, 3.8) is 0 Å². The number of hydrogen-bond donors (Lipinski definition) is 1. The Balaban J connectivity index is 2.22. The van der Waals surface area contributed by atoms with Crippen molar-refractivity contribution in [2.75, 3.05) is 18.6 Å².